The summed E-state index contributed by atoms with van der Waals surface area (Å²) in [6.07, 6.45) is 10.3. The van der Waals surface area contributed by atoms with Crippen molar-refractivity contribution >= 4 is 5.82 Å². The van der Waals surface area contributed by atoms with E-state index in [0.29, 0.717) is 0 Å². The third kappa shape index (κ3) is 2.17. The van der Waals surface area contributed by atoms with Crippen molar-refractivity contribution < 1.29 is 0 Å². The predicted octanol–water partition coefficient (Wildman–Crippen LogP) is 2.54. The largest absolute Gasteiger partial charge is 0.373 e. The molecule has 5 nitrogen and oxygen atoms in total. The van der Waals surface area contributed by atoms with Crippen LogP contribution in [0.1, 0.15) is 43.1 Å². The highest BCUT2D eigenvalue weighted by Crippen LogP contribution is 2.26. The Morgan fingerprint density at radius 3 is 2.85 bits per heavy atom. The predicted molar refractivity (Wildman–Crippen MR) is 79.3 cm³/mol. The SMILES string of the molecule is CCCc1c(NC)ncnc1-n1cnc2c1CCCC2. The second kappa shape index (κ2) is 5.61. The molecule has 1 aliphatic carbocycles. The summed E-state index contributed by atoms with van der Waals surface area (Å²) in [7, 11) is 1.91. The fraction of sp³-hybridized carbons (Fsp3) is 0.533. The average Bonchev–Trinajstić information content (AvgIpc) is 2.92. The first-order valence-electron chi connectivity index (χ1n) is 7.42. The van der Waals surface area contributed by atoms with Gasteiger partial charge >= 0.3 is 0 Å². The number of aryl methyl sites for hydroxylation is 1. The van der Waals surface area contributed by atoms with E-state index in [9.17, 15) is 0 Å². The summed E-state index contributed by atoms with van der Waals surface area (Å²) in [5.74, 6) is 1.91. The monoisotopic (exact) mass is 271 g/mol. The lowest BCUT2D eigenvalue weighted by Gasteiger charge is -2.17. The summed E-state index contributed by atoms with van der Waals surface area (Å²) in [6, 6.07) is 0. The molecule has 5 heteroatoms. The molecule has 1 N–H and O–H groups in total. The number of nitrogens with zero attached hydrogens (tertiary/aromatic N) is 4. The van der Waals surface area contributed by atoms with E-state index in [1.54, 1.807) is 6.33 Å². The molecule has 1 aliphatic rings. The Labute approximate surface area is 119 Å². The molecule has 0 radical (unpaired) electrons. The van der Waals surface area contributed by atoms with E-state index in [1.807, 2.05) is 13.4 Å². The van der Waals surface area contributed by atoms with Crippen molar-refractivity contribution in [1.29, 1.82) is 0 Å². The van der Waals surface area contributed by atoms with Gasteiger partial charge < -0.3 is 5.32 Å². The van der Waals surface area contributed by atoms with E-state index in [4.69, 9.17) is 0 Å². The molecule has 0 fully saturated rings. The maximum absolute atomic E-state index is 4.57. The van der Waals surface area contributed by atoms with Crippen LogP contribution >= 0.6 is 0 Å². The molecule has 0 spiro atoms. The number of aromatic nitrogens is 4. The van der Waals surface area contributed by atoms with Crippen LogP contribution in [0.3, 0.4) is 0 Å². The molecule has 0 aliphatic heterocycles. The van der Waals surface area contributed by atoms with Crippen molar-refractivity contribution in [3.8, 4) is 5.82 Å². The number of nitrogens with one attached hydrogen (secondary N) is 1. The number of imidazole rings is 1. The molecule has 106 valence electrons. The number of rotatable bonds is 4. The molecule has 2 heterocycles. The Morgan fingerprint density at radius 2 is 2.05 bits per heavy atom. The van der Waals surface area contributed by atoms with Crippen molar-refractivity contribution in [2.75, 3.05) is 12.4 Å². The summed E-state index contributed by atoms with van der Waals surface area (Å²) >= 11 is 0. The van der Waals surface area contributed by atoms with E-state index in [2.05, 4.69) is 31.8 Å². The summed E-state index contributed by atoms with van der Waals surface area (Å²) < 4.78 is 2.17. The van der Waals surface area contributed by atoms with Crippen molar-refractivity contribution in [3.63, 3.8) is 0 Å². The summed E-state index contributed by atoms with van der Waals surface area (Å²) in [4.78, 5) is 13.4. The van der Waals surface area contributed by atoms with Crippen LogP contribution in [0.15, 0.2) is 12.7 Å². The van der Waals surface area contributed by atoms with Gasteiger partial charge in [-0.15, -0.1) is 0 Å². The highest BCUT2D eigenvalue weighted by atomic mass is 15.1. The molecular weight excluding hydrogens is 250 g/mol. The standard InChI is InChI=1S/C15H21N5/c1-3-6-11-14(16-2)17-9-18-15(11)20-10-19-12-7-4-5-8-13(12)20/h9-10H,3-8H2,1-2H3,(H,16,17,18). The minimum Gasteiger partial charge on any atom is -0.373 e. The molecule has 0 aromatic carbocycles. The third-order valence-corrected chi connectivity index (χ3v) is 3.92. The number of fused-ring (bicyclic) bond motifs is 1. The maximum atomic E-state index is 4.57. The first-order valence-corrected chi connectivity index (χ1v) is 7.42. The first kappa shape index (κ1) is 13.1. The molecule has 0 bridgehead atoms. The number of hydrogen-bond donors (Lipinski definition) is 1. The van der Waals surface area contributed by atoms with E-state index in [0.717, 1.165) is 37.3 Å². The Morgan fingerprint density at radius 1 is 1.20 bits per heavy atom. The molecule has 0 amide bonds. The lowest BCUT2D eigenvalue weighted by Crippen LogP contribution is -2.12. The highest BCUT2D eigenvalue weighted by Gasteiger charge is 2.19. The molecule has 0 saturated heterocycles. The van der Waals surface area contributed by atoms with Crippen molar-refractivity contribution in [2.45, 2.75) is 45.4 Å². The highest BCUT2D eigenvalue weighted by molar-refractivity contribution is 5.52. The van der Waals surface area contributed by atoms with Crippen molar-refractivity contribution in [3.05, 3.63) is 29.6 Å². The average molecular weight is 271 g/mol. The smallest absolute Gasteiger partial charge is 0.146 e. The quantitative estimate of drug-likeness (QED) is 0.928. The summed E-state index contributed by atoms with van der Waals surface area (Å²) in [5, 5.41) is 3.18. The van der Waals surface area contributed by atoms with E-state index >= 15 is 0 Å². The van der Waals surface area contributed by atoms with Crippen molar-refractivity contribution in [1.82, 2.24) is 19.5 Å². The Kier molecular flexibility index (Phi) is 3.67. The lowest BCUT2D eigenvalue weighted by molar-refractivity contribution is 0.652. The van der Waals surface area contributed by atoms with Gasteiger partial charge in [-0.2, -0.15) is 0 Å². The number of anilines is 1. The molecule has 0 saturated carbocycles. The zero-order valence-corrected chi connectivity index (χ0v) is 12.2. The van der Waals surface area contributed by atoms with Crippen LogP contribution in [-0.4, -0.2) is 26.6 Å². The van der Waals surface area contributed by atoms with E-state index in [1.165, 1.54) is 29.8 Å². The topological polar surface area (TPSA) is 55.6 Å². The van der Waals surface area contributed by atoms with Crippen LogP contribution in [0.4, 0.5) is 5.82 Å². The number of hydrogen-bond acceptors (Lipinski definition) is 4. The van der Waals surface area contributed by atoms with Gasteiger partial charge in [-0.1, -0.05) is 13.3 Å². The second-order valence-electron chi connectivity index (χ2n) is 5.24. The van der Waals surface area contributed by atoms with E-state index in [-0.39, 0.29) is 0 Å². The van der Waals surface area contributed by atoms with Crippen LogP contribution in [0.25, 0.3) is 5.82 Å². The van der Waals surface area contributed by atoms with Gasteiger partial charge in [-0.3, -0.25) is 4.57 Å². The molecule has 0 atom stereocenters. The first-order chi connectivity index (χ1) is 9.85. The fourth-order valence-corrected chi connectivity index (χ4v) is 2.96. The van der Waals surface area contributed by atoms with Gasteiger partial charge in [0.25, 0.3) is 0 Å². The normalized spacial score (nSPS) is 14.1. The van der Waals surface area contributed by atoms with Crippen LogP contribution in [-0.2, 0) is 19.3 Å². The molecule has 20 heavy (non-hydrogen) atoms. The van der Waals surface area contributed by atoms with Crippen LogP contribution < -0.4 is 5.32 Å². The molecule has 0 unspecified atom stereocenters. The van der Waals surface area contributed by atoms with Gasteiger partial charge in [0, 0.05) is 18.3 Å². The van der Waals surface area contributed by atoms with Crippen LogP contribution in [0.5, 0.6) is 0 Å². The molecule has 3 rings (SSSR count). The van der Waals surface area contributed by atoms with Gasteiger partial charge in [0.2, 0.25) is 0 Å². The minimum absolute atomic E-state index is 0.926. The van der Waals surface area contributed by atoms with Gasteiger partial charge in [-0.05, 0) is 32.1 Å². The van der Waals surface area contributed by atoms with Crippen LogP contribution in [0.2, 0.25) is 0 Å². The Balaban J connectivity index is 2.12. The lowest BCUT2D eigenvalue weighted by atomic mass is 10.0. The third-order valence-electron chi connectivity index (χ3n) is 3.92. The molecule has 2 aromatic rings. The fourth-order valence-electron chi connectivity index (χ4n) is 2.96. The Hall–Kier alpha value is -1.91. The minimum atomic E-state index is 0.926. The van der Waals surface area contributed by atoms with Gasteiger partial charge in [-0.25, -0.2) is 15.0 Å². The zero-order valence-electron chi connectivity index (χ0n) is 12.2. The molecular formula is C15H21N5. The summed E-state index contributed by atoms with van der Waals surface area (Å²) in [5.41, 5.74) is 3.75. The van der Waals surface area contributed by atoms with Crippen LogP contribution in [0, 0.1) is 0 Å². The Bertz CT molecular complexity index is 602. The maximum Gasteiger partial charge on any atom is 0.146 e. The zero-order chi connectivity index (χ0) is 13.9. The van der Waals surface area contributed by atoms with Gasteiger partial charge in [0.15, 0.2) is 0 Å². The van der Waals surface area contributed by atoms with E-state index < -0.39 is 0 Å². The molecule has 2 aromatic heterocycles. The second-order valence-corrected chi connectivity index (χ2v) is 5.24. The summed E-state index contributed by atoms with van der Waals surface area (Å²) in [6.45, 7) is 2.18. The van der Waals surface area contributed by atoms with Gasteiger partial charge in [0.05, 0.1) is 5.69 Å². The van der Waals surface area contributed by atoms with Crippen molar-refractivity contribution in [2.24, 2.45) is 0 Å². The van der Waals surface area contributed by atoms with Gasteiger partial charge in [0.1, 0.15) is 24.3 Å².